The first-order valence-corrected chi connectivity index (χ1v) is 6.50. The van der Waals surface area contributed by atoms with Crippen LogP contribution in [0.15, 0.2) is 0 Å². The van der Waals surface area contributed by atoms with Crippen molar-refractivity contribution in [1.82, 2.24) is 5.32 Å². The van der Waals surface area contributed by atoms with Gasteiger partial charge in [0.15, 0.2) is 5.79 Å². The summed E-state index contributed by atoms with van der Waals surface area (Å²) in [7, 11) is 2.04. The minimum absolute atomic E-state index is 0.202. The molecule has 0 amide bonds. The van der Waals surface area contributed by atoms with Crippen molar-refractivity contribution in [2.75, 3.05) is 26.8 Å². The first kappa shape index (κ1) is 12.3. The van der Waals surface area contributed by atoms with Crippen LogP contribution >= 0.6 is 0 Å². The Kier molecular flexibility index (Phi) is 3.57. The summed E-state index contributed by atoms with van der Waals surface area (Å²) < 4.78 is 11.5. The Morgan fingerprint density at radius 2 is 1.75 bits per heavy atom. The molecular formula is C13H25NO2. The summed E-state index contributed by atoms with van der Waals surface area (Å²) in [5.41, 5.74) is 0.384. The molecular weight excluding hydrogens is 202 g/mol. The summed E-state index contributed by atoms with van der Waals surface area (Å²) >= 11 is 0. The Labute approximate surface area is 98.9 Å². The summed E-state index contributed by atoms with van der Waals surface area (Å²) in [6, 6.07) is 0. The number of hydrogen-bond donors (Lipinski definition) is 1. The van der Waals surface area contributed by atoms with E-state index in [4.69, 9.17) is 9.47 Å². The van der Waals surface area contributed by atoms with E-state index >= 15 is 0 Å². The highest BCUT2D eigenvalue weighted by Gasteiger charge is 2.43. The van der Waals surface area contributed by atoms with Crippen LogP contribution in [0.2, 0.25) is 0 Å². The van der Waals surface area contributed by atoms with Crippen LogP contribution in [0.5, 0.6) is 0 Å². The summed E-state index contributed by atoms with van der Waals surface area (Å²) in [4.78, 5) is 0. The largest absolute Gasteiger partial charge is 0.348 e. The number of nitrogens with one attached hydrogen (secondary N) is 1. The minimum Gasteiger partial charge on any atom is -0.348 e. The van der Waals surface area contributed by atoms with E-state index in [1.165, 1.54) is 12.8 Å². The lowest BCUT2D eigenvalue weighted by Crippen LogP contribution is -2.42. The molecule has 16 heavy (non-hydrogen) atoms. The fourth-order valence-electron chi connectivity index (χ4n) is 3.22. The van der Waals surface area contributed by atoms with Gasteiger partial charge in [-0.05, 0) is 31.2 Å². The van der Waals surface area contributed by atoms with Crippen LogP contribution < -0.4 is 5.32 Å². The zero-order chi connectivity index (χ0) is 11.6. The normalized spacial score (nSPS) is 26.4. The maximum atomic E-state index is 5.76. The standard InChI is InChI=1S/C13H25NO2/c1-12(2,10-14-3)11-4-6-13(7-5-11)15-8-9-16-13/h11,14H,4-10H2,1-3H3. The van der Waals surface area contributed by atoms with Crippen molar-refractivity contribution in [1.29, 1.82) is 0 Å². The SMILES string of the molecule is CNCC(C)(C)C1CCC2(CC1)OCCO2. The number of rotatable bonds is 3. The molecule has 0 atom stereocenters. The Morgan fingerprint density at radius 1 is 1.19 bits per heavy atom. The number of ether oxygens (including phenoxy) is 2. The first-order chi connectivity index (χ1) is 7.58. The van der Waals surface area contributed by atoms with Gasteiger partial charge in [-0.15, -0.1) is 0 Å². The predicted octanol–water partition coefficient (Wildman–Crippen LogP) is 2.17. The lowest BCUT2D eigenvalue weighted by Gasteiger charge is -2.42. The Hall–Kier alpha value is -0.120. The van der Waals surface area contributed by atoms with Crippen LogP contribution in [0.4, 0.5) is 0 Å². The fourth-order valence-corrected chi connectivity index (χ4v) is 3.22. The van der Waals surface area contributed by atoms with Crippen LogP contribution in [0.1, 0.15) is 39.5 Å². The van der Waals surface area contributed by atoms with Crippen LogP contribution in [0.25, 0.3) is 0 Å². The predicted molar refractivity (Wildman–Crippen MR) is 64.3 cm³/mol. The third-order valence-electron chi connectivity index (χ3n) is 4.30. The lowest BCUT2D eigenvalue weighted by atomic mass is 9.69. The average molecular weight is 227 g/mol. The summed E-state index contributed by atoms with van der Waals surface area (Å²) in [5, 5.41) is 3.30. The molecule has 0 aromatic heterocycles. The third-order valence-corrected chi connectivity index (χ3v) is 4.30. The highest BCUT2D eigenvalue weighted by Crippen LogP contribution is 2.44. The van der Waals surface area contributed by atoms with Gasteiger partial charge >= 0.3 is 0 Å². The maximum Gasteiger partial charge on any atom is 0.168 e. The van der Waals surface area contributed by atoms with Gasteiger partial charge in [0.25, 0.3) is 0 Å². The third kappa shape index (κ3) is 2.41. The second kappa shape index (κ2) is 4.63. The topological polar surface area (TPSA) is 30.5 Å². The molecule has 1 aliphatic carbocycles. The quantitative estimate of drug-likeness (QED) is 0.801. The van der Waals surface area contributed by atoms with Crippen molar-refractivity contribution < 1.29 is 9.47 Å². The molecule has 0 unspecified atom stereocenters. The fraction of sp³-hybridized carbons (Fsp3) is 1.00. The highest BCUT2D eigenvalue weighted by molar-refractivity contribution is 4.89. The van der Waals surface area contributed by atoms with Crippen LogP contribution in [0, 0.1) is 11.3 Å². The van der Waals surface area contributed by atoms with E-state index < -0.39 is 0 Å². The molecule has 1 aliphatic heterocycles. The molecule has 3 heteroatoms. The van der Waals surface area contributed by atoms with E-state index in [0.29, 0.717) is 5.41 Å². The van der Waals surface area contributed by atoms with Gasteiger partial charge in [-0.25, -0.2) is 0 Å². The molecule has 2 rings (SSSR count). The molecule has 0 radical (unpaired) electrons. The molecule has 1 saturated heterocycles. The van der Waals surface area contributed by atoms with Crippen LogP contribution in [-0.2, 0) is 9.47 Å². The van der Waals surface area contributed by atoms with Crippen molar-refractivity contribution >= 4 is 0 Å². The molecule has 0 bridgehead atoms. The van der Waals surface area contributed by atoms with Crippen molar-refractivity contribution in [3.05, 3.63) is 0 Å². The second-order valence-corrected chi connectivity index (χ2v) is 5.90. The first-order valence-electron chi connectivity index (χ1n) is 6.50. The molecule has 0 aromatic carbocycles. The molecule has 0 aromatic rings. The highest BCUT2D eigenvalue weighted by atomic mass is 16.7. The monoisotopic (exact) mass is 227 g/mol. The Morgan fingerprint density at radius 3 is 2.25 bits per heavy atom. The minimum atomic E-state index is -0.202. The van der Waals surface area contributed by atoms with E-state index in [0.717, 1.165) is 38.5 Å². The summed E-state index contributed by atoms with van der Waals surface area (Å²) in [6.07, 6.45) is 4.61. The van der Waals surface area contributed by atoms with Gasteiger partial charge < -0.3 is 14.8 Å². The summed E-state index contributed by atoms with van der Waals surface area (Å²) in [6.45, 7) is 7.38. The summed E-state index contributed by atoms with van der Waals surface area (Å²) in [5.74, 6) is 0.588. The van der Waals surface area contributed by atoms with Crippen molar-refractivity contribution in [2.24, 2.45) is 11.3 Å². The van der Waals surface area contributed by atoms with Crippen molar-refractivity contribution in [3.8, 4) is 0 Å². The van der Waals surface area contributed by atoms with Crippen LogP contribution in [-0.4, -0.2) is 32.6 Å². The van der Waals surface area contributed by atoms with Crippen molar-refractivity contribution in [3.63, 3.8) is 0 Å². The lowest BCUT2D eigenvalue weighted by molar-refractivity contribution is -0.187. The van der Waals surface area contributed by atoms with Gasteiger partial charge in [0.05, 0.1) is 13.2 Å². The van der Waals surface area contributed by atoms with Gasteiger partial charge in [0, 0.05) is 19.4 Å². The van der Waals surface area contributed by atoms with Gasteiger partial charge in [0.1, 0.15) is 0 Å². The molecule has 2 fully saturated rings. The molecule has 1 saturated carbocycles. The maximum absolute atomic E-state index is 5.76. The average Bonchev–Trinajstić information content (AvgIpc) is 2.67. The molecule has 3 nitrogen and oxygen atoms in total. The van der Waals surface area contributed by atoms with Gasteiger partial charge in [-0.3, -0.25) is 0 Å². The Balaban J connectivity index is 1.89. The van der Waals surface area contributed by atoms with Crippen LogP contribution in [0.3, 0.4) is 0 Å². The number of hydrogen-bond acceptors (Lipinski definition) is 3. The van der Waals surface area contributed by atoms with Gasteiger partial charge in [-0.2, -0.15) is 0 Å². The van der Waals surface area contributed by atoms with E-state index in [9.17, 15) is 0 Å². The second-order valence-electron chi connectivity index (χ2n) is 5.90. The van der Waals surface area contributed by atoms with E-state index in [1.807, 2.05) is 7.05 Å². The van der Waals surface area contributed by atoms with E-state index in [1.54, 1.807) is 0 Å². The van der Waals surface area contributed by atoms with E-state index in [2.05, 4.69) is 19.2 Å². The van der Waals surface area contributed by atoms with Gasteiger partial charge in [0.2, 0.25) is 0 Å². The van der Waals surface area contributed by atoms with Gasteiger partial charge in [-0.1, -0.05) is 13.8 Å². The zero-order valence-corrected chi connectivity index (χ0v) is 10.8. The smallest absolute Gasteiger partial charge is 0.168 e. The zero-order valence-electron chi connectivity index (χ0n) is 10.8. The molecule has 1 spiro atoms. The van der Waals surface area contributed by atoms with Crippen molar-refractivity contribution in [2.45, 2.75) is 45.3 Å². The molecule has 94 valence electrons. The molecule has 1 heterocycles. The van der Waals surface area contributed by atoms with E-state index in [-0.39, 0.29) is 5.79 Å². The molecule has 2 aliphatic rings. The Bertz CT molecular complexity index is 224. The molecule has 1 N–H and O–H groups in total.